The fourth-order valence-electron chi connectivity index (χ4n) is 3.53. The van der Waals surface area contributed by atoms with Crippen molar-refractivity contribution in [1.29, 1.82) is 0 Å². The van der Waals surface area contributed by atoms with Gasteiger partial charge in [0.2, 0.25) is 0 Å². The van der Waals surface area contributed by atoms with Crippen molar-refractivity contribution in [3.05, 3.63) is 83.2 Å². The molecule has 4 rings (SSSR count). The van der Waals surface area contributed by atoms with Gasteiger partial charge in [-0.3, -0.25) is 9.59 Å². The fraction of sp³-hybridized carbons (Fsp3) is 0.182. The number of likely N-dealkylation sites (tertiary alicyclic amines) is 1. The highest BCUT2D eigenvalue weighted by Gasteiger charge is 2.47. The summed E-state index contributed by atoms with van der Waals surface area (Å²) in [6.45, 7) is 1.86. The van der Waals surface area contributed by atoms with Crippen LogP contribution >= 0.6 is 0 Å². The quantitative estimate of drug-likeness (QED) is 0.402. The lowest BCUT2D eigenvalue weighted by Gasteiger charge is -2.22. The third-order valence-electron chi connectivity index (χ3n) is 4.95. The smallest absolute Gasteiger partial charge is 0.296 e. The molecule has 1 saturated heterocycles. The third-order valence-corrected chi connectivity index (χ3v) is 4.95. The number of methoxy groups -OCH3 is 1. The molecular weight excluding hydrogens is 374 g/mol. The Balaban J connectivity index is 1.85. The zero-order valence-corrected chi connectivity index (χ0v) is 15.9. The zero-order chi connectivity index (χ0) is 20.5. The minimum absolute atomic E-state index is 0.0234. The number of benzene rings is 1. The molecule has 1 fully saturated rings. The SMILES string of the molecule is COc1ccc(/C(O)=C2/C(=O)C(=O)N(Cc3ccco3)C2c2ccco2)c(C)c1. The molecule has 0 radical (unpaired) electrons. The molecule has 148 valence electrons. The van der Waals surface area contributed by atoms with Crippen LogP contribution in [0, 0.1) is 6.92 Å². The normalized spacial score (nSPS) is 18.4. The molecule has 29 heavy (non-hydrogen) atoms. The largest absolute Gasteiger partial charge is 0.507 e. The molecule has 3 heterocycles. The van der Waals surface area contributed by atoms with Gasteiger partial charge in [0.05, 0.1) is 31.8 Å². The Morgan fingerprint density at radius 3 is 2.52 bits per heavy atom. The molecule has 7 nitrogen and oxygen atoms in total. The first-order valence-electron chi connectivity index (χ1n) is 9.00. The van der Waals surface area contributed by atoms with E-state index in [4.69, 9.17) is 13.6 Å². The van der Waals surface area contributed by atoms with Crippen LogP contribution in [0.25, 0.3) is 5.76 Å². The highest BCUT2D eigenvalue weighted by atomic mass is 16.5. The Morgan fingerprint density at radius 1 is 1.14 bits per heavy atom. The van der Waals surface area contributed by atoms with Crippen molar-refractivity contribution in [2.45, 2.75) is 19.5 Å². The molecule has 1 aliphatic rings. The van der Waals surface area contributed by atoms with E-state index in [1.165, 1.54) is 17.4 Å². The molecule has 0 saturated carbocycles. The Bertz CT molecular complexity index is 1080. The van der Waals surface area contributed by atoms with E-state index in [2.05, 4.69) is 0 Å². The minimum Gasteiger partial charge on any atom is -0.507 e. The number of aliphatic hydroxyl groups is 1. The molecule has 3 aromatic rings. The molecule has 7 heteroatoms. The predicted octanol–water partition coefficient (Wildman–Crippen LogP) is 3.81. The van der Waals surface area contributed by atoms with Crippen LogP contribution in [0.2, 0.25) is 0 Å². The first kappa shape index (κ1) is 18.6. The first-order chi connectivity index (χ1) is 14.0. The van der Waals surface area contributed by atoms with Gasteiger partial charge in [0.15, 0.2) is 0 Å². The summed E-state index contributed by atoms with van der Waals surface area (Å²) in [6, 6.07) is 11.0. The summed E-state index contributed by atoms with van der Waals surface area (Å²) in [4.78, 5) is 27.0. The number of ketones is 1. The minimum atomic E-state index is -0.864. The molecule has 0 spiro atoms. The van der Waals surface area contributed by atoms with Crippen molar-refractivity contribution in [3.63, 3.8) is 0 Å². The van der Waals surface area contributed by atoms with Gasteiger partial charge in [-0.05, 0) is 55.0 Å². The number of amides is 1. The maximum absolute atomic E-state index is 12.9. The Morgan fingerprint density at radius 2 is 1.90 bits per heavy atom. The topological polar surface area (TPSA) is 93.1 Å². The number of nitrogens with zero attached hydrogens (tertiary/aromatic N) is 1. The third kappa shape index (κ3) is 3.20. The van der Waals surface area contributed by atoms with Gasteiger partial charge in [-0.1, -0.05) is 0 Å². The number of furan rings is 2. The monoisotopic (exact) mass is 393 g/mol. The maximum atomic E-state index is 12.9. The van der Waals surface area contributed by atoms with Gasteiger partial charge in [0.1, 0.15) is 29.1 Å². The number of aryl methyl sites for hydroxylation is 1. The van der Waals surface area contributed by atoms with Crippen molar-refractivity contribution >= 4 is 17.4 Å². The number of Topliss-reactive ketones (excluding diaryl/α,β-unsaturated/α-hetero) is 1. The van der Waals surface area contributed by atoms with Crippen LogP contribution in [0.4, 0.5) is 0 Å². The second-order valence-electron chi connectivity index (χ2n) is 6.70. The number of carbonyl (C=O) groups is 2. The molecule has 1 amide bonds. The number of rotatable bonds is 5. The summed E-state index contributed by atoms with van der Waals surface area (Å²) in [5.41, 5.74) is 1.13. The molecule has 0 aliphatic carbocycles. The van der Waals surface area contributed by atoms with Crippen LogP contribution in [-0.4, -0.2) is 28.8 Å². The molecule has 2 aromatic heterocycles. The van der Waals surface area contributed by atoms with E-state index in [1.807, 2.05) is 0 Å². The van der Waals surface area contributed by atoms with Crippen LogP contribution in [0.1, 0.15) is 28.7 Å². The highest BCUT2D eigenvalue weighted by molar-refractivity contribution is 6.46. The Kier molecular flexibility index (Phi) is 4.72. The first-order valence-corrected chi connectivity index (χ1v) is 9.00. The van der Waals surface area contributed by atoms with E-state index in [1.54, 1.807) is 56.5 Å². The average molecular weight is 393 g/mol. The summed E-state index contributed by atoms with van der Waals surface area (Å²) in [6.07, 6.45) is 2.95. The van der Waals surface area contributed by atoms with Gasteiger partial charge in [-0.2, -0.15) is 0 Å². The molecule has 1 N–H and O–H groups in total. The molecule has 1 atom stereocenters. The number of hydrogen-bond acceptors (Lipinski definition) is 6. The maximum Gasteiger partial charge on any atom is 0.296 e. The average Bonchev–Trinajstić information content (AvgIpc) is 3.46. The zero-order valence-electron chi connectivity index (χ0n) is 15.9. The van der Waals surface area contributed by atoms with Crippen LogP contribution < -0.4 is 4.74 Å². The lowest BCUT2D eigenvalue weighted by Crippen LogP contribution is -2.28. The van der Waals surface area contributed by atoms with E-state index in [0.29, 0.717) is 28.4 Å². The van der Waals surface area contributed by atoms with Crippen molar-refractivity contribution in [2.75, 3.05) is 7.11 Å². The highest BCUT2D eigenvalue weighted by Crippen LogP contribution is 2.41. The predicted molar refractivity (Wildman–Crippen MR) is 103 cm³/mol. The summed E-state index contributed by atoms with van der Waals surface area (Å²) < 4.78 is 16.0. The van der Waals surface area contributed by atoms with Gasteiger partial charge in [0.25, 0.3) is 11.7 Å². The Labute approximate surface area is 166 Å². The van der Waals surface area contributed by atoms with Crippen LogP contribution in [0.15, 0.2) is 69.4 Å². The van der Waals surface area contributed by atoms with Crippen molar-refractivity contribution in [1.82, 2.24) is 4.90 Å². The summed E-state index contributed by atoms with van der Waals surface area (Å²) >= 11 is 0. The molecule has 1 unspecified atom stereocenters. The van der Waals surface area contributed by atoms with E-state index in [0.717, 1.165) is 0 Å². The number of ether oxygens (including phenoxy) is 1. The number of hydrogen-bond donors (Lipinski definition) is 1. The summed E-state index contributed by atoms with van der Waals surface area (Å²) in [5.74, 6) is -0.236. The second kappa shape index (κ2) is 7.35. The molecule has 1 aliphatic heterocycles. The van der Waals surface area contributed by atoms with Crippen molar-refractivity contribution < 1.29 is 28.3 Å². The van der Waals surface area contributed by atoms with Gasteiger partial charge in [-0.25, -0.2) is 0 Å². The van der Waals surface area contributed by atoms with E-state index < -0.39 is 17.7 Å². The number of aliphatic hydroxyl groups excluding tert-OH is 1. The van der Waals surface area contributed by atoms with E-state index >= 15 is 0 Å². The van der Waals surface area contributed by atoms with Crippen molar-refractivity contribution in [3.8, 4) is 5.75 Å². The fourth-order valence-corrected chi connectivity index (χ4v) is 3.53. The van der Waals surface area contributed by atoms with E-state index in [9.17, 15) is 14.7 Å². The summed E-state index contributed by atoms with van der Waals surface area (Å²) in [7, 11) is 1.55. The molecule has 1 aromatic carbocycles. The number of carbonyl (C=O) groups excluding carboxylic acids is 2. The molecular formula is C22H19NO6. The van der Waals surface area contributed by atoms with Gasteiger partial charge >= 0.3 is 0 Å². The second-order valence-corrected chi connectivity index (χ2v) is 6.70. The lowest BCUT2D eigenvalue weighted by atomic mass is 9.97. The lowest BCUT2D eigenvalue weighted by molar-refractivity contribution is -0.140. The van der Waals surface area contributed by atoms with E-state index in [-0.39, 0.29) is 17.9 Å². The van der Waals surface area contributed by atoms with Crippen molar-refractivity contribution in [2.24, 2.45) is 0 Å². The molecule has 0 bridgehead atoms. The van der Waals surface area contributed by atoms with Gasteiger partial charge in [0, 0.05) is 5.56 Å². The Hall–Kier alpha value is -3.74. The standard InChI is InChI=1S/C22H19NO6/c1-13-11-14(27-2)7-8-16(13)20(24)18-19(17-6-4-10-29-17)23(22(26)21(18)25)12-15-5-3-9-28-15/h3-11,19,24H,12H2,1-2H3/b20-18-. The van der Waals surface area contributed by atoms with Gasteiger partial charge in [-0.15, -0.1) is 0 Å². The van der Waals surface area contributed by atoms with Crippen LogP contribution in [0.3, 0.4) is 0 Å². The van der Waals surface area contributed by atoms with Crippen LogP contribution in [0.5, 0.6) is 5.75 Å². The summed E-state index contributed by atoms with van der Waals surface area (Å²) in [5, 5.41) is 11.0. The van der Waals surface area contributed by atoms with Gasteiger partial charge < -0.3 is 23.6 Å². The van der Waals surface area contributed by atoms with Crippen LogP contribution in [-0.2, 0) is 16.1 Å².